The van der Waals surface area contributed by atoms with Gasteiger partial charge in [0.25, 0.3) is 5.91 Å². The third kappa shape index (κ3) is 6.06. The Hall–Kier alpha value is -2.40. The van der Waals surface area contributed by atoms with Gasteiger partial charge in [0.05, 0.1) is 0 Å². The van der Waals surface area contributed by atoms with Crippen molar-refractivity contribution in [2.75, 3.05) is 26.2 Å². The van der Waals surface area contributed by atoms with Gasteiger partial charge < -0.3 is 15.0 Å². The van der Waals surface area contributed by atoms with Crippen molar-refractivity contribution in [3.05, 3.63) is 54.2 Å². The summed E-state index contributed by atoms with van der Waals surface area (Å²) < 4.78 is 5.78. The number of rotatable bonds is 8. The van der Waals surface area contributed by atoms with Crippen molar-refractivity contribution in [3.63, 3.8) is 0 Å². The maximum atomic E-state index is 12.6. The molecule has 3 rings (SSSR count). The van der Waals surface area contributed by atoms with Crippen molar-refractivity contribution in [2.24, 2.45) is 11.8 Å². The van der Waals surface area contributed by atoms with Gasteiger partial charge in [0.1, 0.15) is 11.3 Å². The van der Waals surface area contributed by atoms with Crippen LogP contribution in [0.2, 0.25) is 0 Å². The SMILES string of the molecule is CC1CC(C)CN(CCCCNC(=O)c2cccnc2Oc2ccccc2)C1. The molecule has 0 bridgehead atoms. The maximum absolute atomic E-state index is 12.6. The lowest BCUT2D eigenvalue weighted by Gasteiger charge is -2.34. The zero-order valence-corrected chi connectivity index (χ0v) is 16.9. The lowest BCUT2D eigenvalue weighted by molar-refractivity contribution is 0.0948. The van der Waals surface area contributed by atoms with E-state index < -0.39 is 0 Å². The normalized spacial score (nSPS) is 19.9. The highest BCUT2D eigenvalue weighted by Gasteiger charge is 2.21. The molecule has 1 saturated heterocycles. The fraction of sp³-hybridized carbons (Fsp3) is 0.478. The molecule has 28 heavy (non-hydrogen) atoms. The number of benzene rings is 1. The summed E-state index contributed by atoms with van der Waals surface area (Å²) in [5.41, 5.74) is 0.463. The van der Waals surface area contributed by atoms with Crippen LogP contribution in [-0.4, -0.2) is 42.0 Å². The molecular formula is C23H31N3O2. The molecule has 1 fully saturated rings. The first-order chi connectivity index (χ1) is 13.6. The van der Waals surface area contributed by atoms with Gasteiger partial charge in [-0.05, 0) is 61.9 Å². The Balaban J connectivity index is 1.44. The third-order valence-electron chi connectivity index (χ3n) is 5.10. The maximum Gasteiger partial charge on any atom is 0.256 e. The van der Waals surface area contributed by atoms with Crippen LogP contribution in [0.3, 0.4) is 0 Å². The molecule has 2 heterocycles. The highest BCUT2D eigenvalue weighted by Crippen LogP contribution is 2.23. The van der Waals surface area contributed by atoms with Crippen molar-refractivity contribution in [2.45, 2.75) is 33.1 Å². The van der Waals surface area contributed by atoms with Crippen molar-refractivity contribution >= 4 is 5.91 Å². The van der Waals surface area contributed by atoms with Crippen molar-refractivity contribution in [1.82, 2.24) is 15.2 Å². The minimum Gasteiger partial charge on any atom is -0.438 e. The molecule has 1 aliphatic heterocycles. The monoisotopic (exact) mass is 381 g/mol. The number of nitrogens with zero attached hydrogens (tertiary/aromatic N) is 2. The molecule has 0 aliphatic carbocycles. The summed E-state index contributed by atoms with van der Waals surface area (Å²) in [6.45, 7) is 8.86. The Morgan fingerprint density at radius 1 is 1.11 bits per heavy atom. The van der Waals surface area contributed by atoms with Gasteiger partial charge in [0.2, 0.25) is 5.88 Å². The predicted molar refractivity (Wildman–Crippen MR) is 112 cm³/mol. The van der Waals surface area contributed by atoms with Crippen LogP contribution in [0.1, 0.15) is 43.5 Å². The van der Waals surface area contributed by atoms with Crippen LogP contribution in [0, 0.1) is 11.8 Å². The zero-order chi connectivity index (χ0) is 19.8. The molecule has 1 aliphatic rings. The molecule has 2 atom stereocenters. The van der Waals surface area contributed by atoms with E-state index in [4.69, 9.17) is 4.74 Å². The predicted octanol–water partition coefficient (Wildman–Crippen LogP) is 4.36. The van der Waals surface area contributed by atoms with Gasteiger partial charge in [0, 0.05) is 25.8 Å². The average molecular weight is 382 g/mol. The van der Waals surface area contributed by atoms with Gasteiger partial charge in [-0.25, -0.2) is 4.98 Å². The molecule has 2 aromatic rings. The number of nitrogens with one attached hydrogen (secondary N) is 1. The van der Waals surface area contributed by atoms with Crippen LogP contribution in [0.5, 0.6) is 11.6 Å². The van der Waals surface area contributed by atoms with Gasteiger partial charge in [0.15, 0.2) is 0 Å². The highest BCUT2D eigenvalue weighted by molar-refractivity contribution is 5.96. The number of para-hydroxylation sites is 1. The third-order valence-corrected chi connectivity index (χ3v) is 5.10. The Kier molecular flexibility index (Phi) is 7.43. The largest absolute Gasteiger partial charge is 0.438 e. The number of ether oxygens (including phenoxy) is 1. The minimum atomic E-state index is -0.140. The van der Waals surface area contributed by atoms with Gasteiger partial charge in [-0.15, -0.1) is 0 Å². The van der Waals surface area contributed by atoms with Gasteiger partial charge in [-0.3, -0.25) is 4.79 Å². The van der Waals surface area contributed by atoms with E-state index in [0.29, 0.717) is 23.7 Å². The molecule has 5 nitrogen and oxygen atoms in total. The quantitative estimate of drug-likeness (QED) is 0.690. The number of piperidine rings is 1. The Bertz CT molecular complexity index is 741. The summed E-state index contributed by atoms with van der Waals surface area (Å²) in [7, 11) is 0. The molecular weight excluding hydrogens is 350 g/mol. The number of hydrogen-bond donors (Lipinski definition) is 1. The Morgan fingerprint density at radius 2 is 1.86 bits per heavy atom. The number of amides is 1. The highest BCUT2D eigenvalue weighted by atomic mass is 16.5. The summed E-state index contributed by atoms with van der Waals surface area (Å²) in [5.74, 6) is 2.44. The van der Waals surface area contributed by atoms with Crippen LogP contribution < -0.4 is 10.1 Å². The topological polar surface area (TPSA) is 54.5 Å². The number of aromatic nitrogens is 1. The molecule has 1 aromatic carbocycles. The lowest BCUT2D eigenvalue weighted by atomic mass is 9.92. The summed E-state index contributed by atoms with van der Waals surface area (Å²) >= 11 is 0. The number of carbonyl (C=O) groups excluding carboxylic acids is 1. The van der Waals surface area contributed by atoms with E-state index in [1.165, 1.54) is 19.5 Å². The Labute approximate surface area is 168 Å². The van der Waals surface area contributed by atoms with Crippen LogP contribution in [0.4, 0.5) is 0 Å². The van der Waals surface area contributed by atoms with E-state index in [1.54, 1.807) is 18.3 Å². The number of carbonyl (C=O) groups is 1. The van der Waals surface area contributed by atoms with E-state index in [9.17, 15) is 4.79 Å². The first kappa shape index (κ1) is 20.3. The van der Waals surface area contributed by atoms with Gasteiger partial charge >= 0.3 is 0 Å². The van der Waals surface area contributed by atoms with E-state index in [0.717, 1.165) is 31.2 Å². The molecule has 1 N–H and O–H groups in total. The van der Waals surface area contributed by atoms with Crippen LogP contribution in [0.25, 0.3) is 0 Å². The standard InChI is InChI=1S/C23H31N3O2/c1-18-15-19(2)17-26(16-18)14-7-6-12-24-22(27)21-11-8-13-25-23(21)28-20-9-4-3-5-10-20/h3-5,8-11,13,18-19H,6-7,12,14-17H2,1-2H3,(H,24,27). The van der Waals surface area contributed by atoms with E-state index in [1.807, 2.05) is 30.3 Å². The second-order valence-electron chi connectivity index (χ2n) is 7.94. The molecule has 0 spiro atoms. The molecule has 5 heteroatoms. The molecule has 2 unspecified atom stereocenters. The molecule has 1 aromatic heterocycles. The summed E-state index contributed by atoms with van der Waals surface area (Å²) in [6.07, 6.45) is 5.04. The van der Waals surface area contributed by atoms with Crippen LogP contribution >= 0.6 is 0 Å². The fourth-order valence-corrected chi connectivity index (χ4v) is 3.98. The van der Waals surface area contributed by atoms with Crippen molar-refractivity contribution in [1.29, 1.82) is 0 Å². The van der Waals surface area contributed by atoms with Crippen LogP contribution in [0.15, 0.2) is 48.7 Å². The summed E-state index contributed by atoms with van der Waals surface area (Å²) in [5, 5.41) is 3.00. The van der Waals surface area contributed by atoms with E-state index >= 15 is 0 Å². The molecule has 150 valence electrons. The first-order valence-electron chi connectivity index (χ1n) is 10.3. The summed E-state index contributed by atoms with van der Waals surface area (Å²) in [4.78, 5) is 19.4. The van der Waals surface area contributed by atoms with Crippen LogP contribution in [-0.2, 0) is 0 Å². The zero-order valence-electron chi connectivity index (χ0n) is 16.9. The first-order valence-corrected chi connectivity index (χ1v) is 10.3. The molecule has 0 radical (unpaired) electrons. The van der Waals surface area contributed by atoms with Crippen molar-refractivity contribution in [3.8, 4) is 11.6 Å². The Morgan fingerprint density at radius 3 is 2.61 bits per heavy atom. The molecule has 0 saturated carbocycles. The second-order valence-corrected chi connectivity index (χ2v) is 7.94. The van der Waals surface area contributed by atoms with Gasteiger partial charge in [-0.2, -0.15) is 0 Å². The number of pyridine rings is 1. The number of likely N-dealkylation sites (tertiary alicyclic amines) is 1. The number of unbranched alkanes of at least 4 members (excludes halogenated alkanes) is 1. The van der Waals surface area contributed by atoms with Crippen molar-refractivity contribution < 1.29 is 9.53 Å². The van der Waals surface area contributed by atoms with E-state index in [-0.39, 0.29) is 5.91 Å². The second kappa shape index (κ2) is 10.2. The smallest absolute Gasteiger partial charge is 0.256 e. The lowest BCUT2D eigenvalue weighted by Crippen LogP contribution is -2.39. The average Bonchev–Trinajstić information content (AvgIpc) is 2.68. The van der Waals surface area contributed by atoms with Gasteiger partial charge in [-0.1, -0.05) is 32.0 Å². The fourth-order valence-electron chi connectivity index (χ4n) is 3.98. The van der Waals surface area contributed by atoms with E-state index in [2.05, 4.69) is 29.0 Å². The summed E-state index contributed by atoms with van der Waals surface area (Å²) in [6, 6.07) is 12.9. The molecule has 1 amide bonds. The number of hydrogen-bond acceptors (Lipinski definition) is 4. The minimum absolute atomic E-state index is 0.140.